The van der Waals surface area contributed by atoms with Crippen molar-refractivity contribution in [3.63, 3.8) is 0 Å². The summed E-state index contributed by atoms with van der Waals surface area (Å²) in [6.07, 6.45) is 6.40. The molecule has 1 spiro atoms. The zero-order valence-corrected chi connectivity index (χ0v) is 14.5. The molecule has 23 heavy (non-hydrogen) atoms. The molecule has 0 radical (unpaired) electrons. The molecule has 1 heterocycles. The van der Waals surface area contributed by atoms with Crippen molar-refractivity contribution in [3.8, 4) is 0 Å². The fourth-order valence-electron chi connectivity index (χ4n) is 3.60. The average Bonchev–Trinajstić information content (AvgIpc) is 2.55. The summed E-state index contributed by atoms with van der Waals surface area (Å²) >= 11 is 2.07. The van der Waals surface area contributed by atoms with Gasteiger partial charge in [0.05, 0.1) is 0 Å². The van der Waals surface area contributed by atoms with E-state index in [1.54, 1.807) is 12.1 Å². The molecular formula is C18H24N2O2S. The largest absolute Gasteiger partial charge is 0.336 e. The number of carbonyl (C=O) groups is 2. The van der Waals surface area contributed by atoms with Gasteiger partial charge in [-0.15, -0.1) is 0 Å². The second-order valence-electron chi connectivity index (χ2n) is 6.58. The predicted octanol–water partition coefficient (Wildman–Crippen LogP) is 3.54. The summed E-state index contributed by atoms with van der Waals surface area (Å²) in [5, 5.41) is 2.73. The first kappa shape index (κ1) is 16.4. The molecule has 1 saturated heterocycles. The summed E-state index contributed by atoms with van der Waals surface area (Å²) in [7, 11) is 0. The maximum atomic E-state index is 12.8. The van der Waals surface area contributed by atoms with E-state index < -0.39 is 0 Å². The van der Waals surface area contributed by atoms with Crippen LogP contribution in [-0.2, 0) is 4.79 Å². The highest BCUT2D eigenvalue weighted by molar-refractivity contribution is 8.00. The van der Waals surface area contributed by atoms with E-state index in [0.29, 0.717) is 10.3 Å². The Kier molecular flexibility index (Phi) is 4.95. The van der Waals surface area contributed by atoms with Gasteiger partial charge in [-0.25, -0.2) is 0 Å². The van der Waals surface area contributed by atoms with E-state index in [-0.39, 0.29) is 11.8 Å². The van der Waals surface area contributed by atoms with Gasteiger partial charge in [-0.05, 0) is 37.1 Å². The van der Waals surface area contributed by atoms with Crippen LogP contribution in [-0.4, -0.2) is 40.3 Å². The number of nitrogens with one attached hydrogen (secondary N) is 1. The summed E-state index contributed by atoms with van der Waals surface area (Å²) in [5.74, 6) is 1.05. The summed E-state index contributed by atoms with van der Waals surface area (Å²) < 4.78 is 0.294. The highest BCUT2D eigenvalue weighted by Crippen LogP contribution is 2.42. The van der Waals surface area contributed by atoms with Crippen LogP contribution in [0.2, 0.25) is 0 Å². The number of anilines is 1. The molecule has 1 saturated carbocycles. The smallest absolute Gasteiger partial charge is 0.253 e. The van der Waals surface area contributed by atoms with E-state index in [1.165, 1.54) is 39.0 Å². The first-order chi connectivity index (χ1) is 11.1. The lowest BCUT2D eigenvalue weighted by molar-refractivity contribution is -0.114. The minimum absolute atomic E-state index is 0.101. The Bertz CT molecular complexity index is 574. The van der Waals surface area contributed by atoms with Crippen molar-refractivity contribution in [3.05, 3.63) is 29.8 Å². The van der Waals surface area contributed by atoms with Crippen molar-refractivity contribution in [2.75, 3.05) is 24.2 Å². The van der Waals surface area contributed by atoms with Crippen molar-refractivity contribution in [1.29, 1.82) is 0 Å². The van der Waals surface area contributed by atoms with Crippen molar-refractivity contribution in [2.45, 2.75) is 43.8 Å². The molecule has 1 aromatic carbocycles. The van der Waals surface area contributed by atoms with Crippen molar-refractivity contribution >= 4 is 29.3 Å². The summed E-state index contributed by atoms with van der Waals surface area (Å²) in [4.78, 5) is 25.9. The van der Waals surface area contributed by atoms with Crippen LogP contribution < -0.4 is 5.32 Å². The van der Waals surface area contributed by atoms with Crippen molar-refractivity contribution in [1.82, 2.24) is 4.90 Å². The van der Waals surface area contributed by atoms with E-state index >= 15 is 0 Å². The molecule has 2 amide bonds. The van der Waals surface area contributed by atoms with Gasteiger partial charge in [0.1, 0.15) is 0 Å². The molecule has 1 aliphatic heterocycles. The van der Waals surface area contributed by atoms with Gasteiger partial charge in [-0.2, -0.15) is 11.8 Å². The minimum Gasteiger partial charge on any atom is -0.336 e. The Morgan fingerprint density at radius 3 is 2.48 bits per heavy atom. The second kappa shape index (κ2) is 6.95. The van der Waals surface area contributed by atoms with E-state index in [2.05, 4.69) is 17.1 Å². The first-order valence-electron chi connectivity index (χ1n) is 8.39. The number of rotatable bonds is 2. The summed E-state index contributed by atoms with van der Waals surface area (Å²) in [6, 6.07) is 7.21. The van der Waals surface area contributed by atoms with E-state index in [9.17, 15) is 9.59 Å². The van der Waals surface area contributed by atoms with Gasteiger partial charge >= 0.3 is 0 Å². The predicted molar refractivity (Wildman–Crippen MR) is 94.9 cm³/mol. The molecule has 1 N–H and O–H groups in total. The molecule has 5 heteroatoms. The maximum Gasteiger partial charge on any atom is 0.253 e. The quantitative estimate of drug-likeness (QED) is 0.901. The second-order valence-corrected chi connectivity index (χ2v) is 8.14. The standard InChI is InChI=1S/C18H24N2O2S/c1-14(21)19-16-7-5-15(6-8-16)17(22)20-11-12-23-18(13-20)9-3-2-4-10-18/h5-8H,2-4,9-13H2,1H3,(H,19,21). The van der Waals surface area contributed by atoms with Crippen LogP contribution in [0, 0.1) is 0 Å². The van der Waals surface area contributed by atoms with Gasteiger partial charge in [0.15, 0.2) is 0 Å². The first-order valence-corrected chi connectivity index (χ1v) is 9.37. The minimum atomic E-state index is -0.101. The number of amides is 2. The zero-order chi connectivity index (χ0) is 16.3. The monoisotopic (exact) mass is 332 g/mol. The SMILES string of the molecule is CC(=O)Nc1ccc(C(=O)N2CCSC3(CCCCC3)C2)cc1. The Hall–Kier alpha value is -1.49. The third-order valence-electron chi connectivity index (χ3n) is 4.75. The molecular weight excluding hydrogens is 308 g/mol. The lowest BCUT2D eigenvalue weighted by Gasteiger charge is -2.44. The molecule has 4 nitrogen and oxygen atoms in total. The van der Waals surface area contributed by atoms with E-state index in [0.717, 1.165) is 24.5 Å². The molecule has 1 aliphatic carbocycles. The summed E-state index contributed by atoms with van der Waals surface area (Å²) in [5.41, 5.74) is 1.43. The number of benzene rings is 1. The van der Waals surface area contributed by atoms with E-state index in [1.807, 2.05) is 17.0 Å². The molecule has 0 aromatic heterocycles. The number of carbonyl (C=O) groups excluding carboxylic acids is 2. The number of nitrogens with zero attached hydrogens (tertiary/aromatic N) is 1. The van der Waals surface area contributed by atoms with Gasteiger partial charge in [0, 0.05) is 41.8 Å². The van der Waals surface area contributed by atoms with Crippen molar-refractivity contribution in [2.24, 2.45) is 0 Å². The topological polar surface area (TPSA) is 49.4 Å². The molecule has 0 bridgehead atoms. The van der Waals surface area contributed by atoms with Gasteiger partial charge in [-0.3, -0.25) is 9.59 Å². The number of thioether (sulfide) groups is 1. The normalized spacial score (nSPS) is 20.3. The third-order valence-corrected chi connectivity index (χ3v) is 6.29. The number of hydrogen-bond acceptors (Lipinski definition) is 3. The van der Waals surface area contributed by atoms with Crippen LogP contribution in [0.1, 0.15) is 49.4 Å². The lowest BCUT2D eigenvalue weighted by atomic mass is 9.87. The van der Waals surface area contributed by atoms with Crippen LogP contribution in [0.25, 0.3) is 0 Å². The Morgan fingerprint density at radius 1 is 1.13 bits per heavy atom. The number of hydrogen-bond donors (Lipinski definition) is 1. The van der Waals surface area contributed by atoms with Crippen LogP contribution in [0.15, 0.2) is 24.3 Å². The molecule has 2 fully saturated rings. The maximum absolute atomic E-state index is 12.8. The van der Waals surface area contributed by atoms with E-state index in [4.69, 9.17) is 0 Å². The highest BCUT2D eigenvalue weighted by atomic mass is 32.2. The van der Waals surface area contributed by atoms with Crippen LogP contribution in [0.3, 0.4) is 0 Å². The van der Waals surface area contributed by atoms with Crippen LogP contribution in [0.5, 0.6) is 0 Å². The average molecular weight is 332 g/mol. The lowest BCUT2D eigenvalue weighted by Crippen LogP contribution is -2.49. The van der Waals surface area contributed by atoms with Crippen molar-refractivity contribution < 1.29 is 9.59 Å². The van der Waals surface area contributed by atoms with Crippen LogP contribution in [0.4, 0.5) is 5.69 Å². The molecule has 3 rings (SSSR count). The molecule has 1 aromatic rings. The Morgan fingerprint density at radius 2 is 1.83 bits per heavy atom. The van der Waals surface area contributed by atoms with Gasteiger partial charge in [0.2, 0.25) is 5.91 Å². The third kappa shape index (κ3) is 3.89. The Balaban J connectivity index is 1.68. The molecule has 0 atom stereocenters. The highest BCUT2D eigenvalue weighted by Gasteiger charge is 2.38. The fraction of sp³-hybridized carbons (Fsp3) is 0.556. The Labute approximate surface area is 142 Å². The van der Waals surface area contributed by atoms with Gasteiger partial charge in [0.25, 0.3) is 5.91 Å². The van der Waals surface area contributed by atoms with Gasteiger partial charge in [-0.1, -0.05) is 19.3 Å². The fourth-order valence-corrected chi connectivity index (χ4v) is 5.17. The molecule has 0 unspecified atom stereocenters. The van der Waals surface area contributed by atoms with Gasteiger partial charge < -0.3 is 10.2 Å². The molecule has 124 valence electrons. The van der Waals surface area contributed by atoms with Crippen LogP contribution >= 0.6 is 11.8 Å². The zero-order valence-electron chi connectivity index (χ0n) is 13.6. The molecule has 2 aliphatic rings. The summed E-state index contributed by atoms with van der Waals surface area (Å²) in [6.45, 7) is 3.19.